The number of halogens is 1. The molecule has 4 N–H and O–H groups in total. The topological polar surface area (TPSA) is 96.3 Å². The van der Waals surface area contributed by atoms with E-state index in [9.17, 15) is 9.18 Å². The van der Waals surface area contributed by atoms with Crippen molar-refractivity contribution in [1.82, 2.24) is 20.2 Å². The van der Waals surface area contributed by atoms with E-state index in [1.807, 2.05) is 20.2 Å². The number of H-pyrrole nitrogens is 1. The highest BCUT2D eigenvalue weighted by molar-refractivity contribution is 5.86. The Balaban J connectivity index is 1.42. The number of benzene rings is 1. The molecule has 0 radical (unpaired) electrons. The zero-order valence-electron chi connectivity index (χ0n) is 17.1. The summed E-state index contributed by atoms with van der Waals surface area (Å²) in [5.41, 5.74) is 8.35. The number of aryl methyl sites for hydroxylation is 1. The number of amides is 1. The second-order valence-corrected chi connectivity index (χ2v) is 7.94. The van der Waals surface area contributed by atoms with Crippen LogP contribution >= 0.6 is 0 Å². The first kappa shape index (κ1) is 20.3. The lowest BCUT2D eigenvalue weighted by atomic mass is 10.0. The molecule has 0 unspecified atom stereocenters. The van der Waals surface area contributed by atoms with E-state index in [2.05, 4.69) is 20.2 Å². The molecule has 0 aliphatic carbocycles. The van der Waals surface area contributed by atoms with Crippen LogP contribution in [0.3, 0.4) is 0 Å². The van der Waals surface area contributed by atoms with Crippen LogP contribution in [0.15, 0.2) is 36.7 Å². The number of aromatic amines is 1. The maximum atomic E-state index is 14.7. The van der Waals surface area contributed by atoms with Crippen molar-refractivity contribution in [2.24, 2.45) is 5.73 Å². The summed E-state index contributed by atoms with van der Waals surface area (Å²) in [7, 11) is 2.02. The maximum Gasteiger partial charge on any atom is 0.237 e. The molecule has 0 bridgehead atoms. The number of carbonyl (C=O) groups excluding carboxylic acids is 1. The fourth-order valence-corrected chi connectivity index (χ4v) is 3.85. The van der Waals surface area contributed by atoms with Gasteiger partial charge in [0, 0.05) is 25.0 Å². The summed E-state index contributed by atoms with van der Waals surface area (Å²) in [4.78, 5) is 21.8. The van der Waals surface area contributed by atoms with Crippen molar-refractivity contribution in [3.63, 3.8) is 0 Å². The summed E-state index contributed by atoms with van der Waals surface area (Å²) in [5.74, 6) is -0.0734. The number of pyridine rings is 1. The molecule has 1 aromatic carbocycles. The summed E-state index contributed by atoms with van der Waals surface area (Å²) in [6.45, 7) is 3.71. The Morgan fingerprint density at radius 3 is 3.00 bits per heavy atom. The number of nitrogens with two attached hydrogens (primary N) is 1. The van der Waals surface area contributed by atoms with E-state index < -0.39 is 11.9 Å². The minimum Gasteiger partial charge on any atom is -0.453 e. The Labute approximate surface area is 174 Å². The first-order valence-electron chi connectivity index (χ1n) is 10.0. The van der Waals surface area contributed by atoms with Gasteiger partial charge in [-0.3, -0.25) is 4.79 Å². The lowest BCUT2D eigenvalue weighted by Gasteiger charge is -2.17. The lowest BCUT2D eigenvalue weighted by molar-refractivity contribution is -0.122. The molecule has 0 saturated carbocycles. The molecular weight excluding hydrogens is 385 g/mol. The molecule has 2 atom stereocenters. The molecule has 30 heavy (non-hydrogen) atoms. The van der Waals surface area contributed by atoms with Gasteiger partial charge >= 0.3 is 0 Å². The number of nitrogens with zero attached hydrogens (tertiary/aromatic N) is 2. The van der Waals surface area contributed by atoms with Crippen LogP contribution in [-0.2, 0) is 11.2 Å². The molecule has 1 aliphatic heterocycles. The lowest BCUT2D eigenvalue weighted by Crippen LogP contribution is -2.47. The van der Waals surface area contributed by atoms with Crippen LogP contribution in [0.4, 0.5) is 4.39 Å². The molecule has 1 aliphatic rings. The van der Waals surface area contributed by atoms with Crippen molar-refractivity contribution < 1.29 is 13.9 Å². The highest BCUT2D eigenvalue weighted by atomic mass is 19.1. The van der Waals surface area contributed by atoms with E-state index in [0.29, 0.717) is 17.0 Å². The van der Waals surface area contributed by atoms with Crippen molar-refractivity contribution in [3.8, 4) is 11.5 Å². The highest BCUT2D eigenvalue weighted by Gasteiger charge is 2.24. The van der Waals surface area contributed by atoms with Gasteiger partial charge in [0.2, 0.25) is 5.91 Å². The Morgan fingerprint density at radius 2 is 2.27 bits per heavy atom. The van der Waals surface area contributed by atoms with E-state index in [1.165, 1.54) is 6.07 Å². The van der Waals surface area contributed by atoms with Crippen LogP contribution in [0.25, 0.3) is 11.0 Å². The Bertz CT molecular complexity index is 1070. The Morgan fingerprint density at radius 1 is 1.43 bits per heavy atom. The zero-order chi connectivity index (χ0) is 21.3. The van der Waals surface area contributed by atoms with Crippen LogP contribution in [0, 0.1) is 12.7 Å². The molecule has 2 aromatic heterocycles. The van der Waals surface area contributed by atoms with Crippen LogP contribution in [0.1, 0.15) is 17.5 Å². The molecule has 8 heteroatoms. The molecule has 1 amide bonds. The zero-order valence-corrected chi connectivity index (χ0v) is 17.1. The number of nitrogens with one attached hydrogen (secondary N) is 2. The quantitative estimate of drug-likeness (QED) is 0.579. The van der Waals surface area contributed by atoms with Crippen LogP contribution in [-0.4, -0.2) is 53.0 Å². The maximum absolute atomic E-state index is 14.7. The molecular formula is C22H26FN5O2. The Hall–Kier alpha value is -2.97. The molecule has 0 spiro atoms. The van der Waals surface area contributed by atoms with E-state index >= 15 is 0 Å². The smallest absolute Gasteiger partial charge is 0.237 e. The number of likely N-dealkylation sites (N-methyl/N-ethyl adjacent to an activating group) is 1. The van der Waals surface area contributed by atoms with Gasteiger partial charge in [-0.1, -0.05) is 6.07 Å². The molecule has 3 heterocycles. The van der Waals surface area contributed by atoms with Gasteiger partial charge in [-0.05, 0) is 62.7 Å². The summed E-state index contributed by atoms with van der Waals surface area (Å²) in [6, 6.07) is 5.76. The van der Waals surface area contributed by atoms with Gasteiger partial charge in [0.15, 0.2) is 11.6 Å². The van der Waals surface area contributed by atoms with Crippen LogP contribution in [0.5, 0.6) is 11.5 Å². The first-order chi connectivity index (χ1) is 14.4. The minimum absolute atomic E-state index is 0.110. The number of aromatic nitrogens is 2. The van der Waals surface area contributed by atoms with Crippen LogP contribution < -0.4 is 15.8 Å². The second kappa shape index (κ2) is 8.41. The number of rotatable bonds is 6. The highest BCUT2D eigenvalue weighted by Crippen LogP contribution is 2.32. The van der Waals surface area contributed by atoms with Gasteiger partial charge < -0.3 is 25.7 Å². The monoisotopic (exact) mass is 411 g/mol. The van der Waals surface area contributed by atoms with E-state index in [-0.39, 0.29) is 24.1 Å². The number of fused-ring (bicyclic) bond motifs is 1. The summed E-state index contributed by atoms with van der Waals surface area (Å²) in [6.07, 6.45) is 4.61. The van der Waals surface area contributed by atoms with E-state index in [0.717, 1.165) is 30.5 Å². The van der Waals surface area contributed by atoms with Crippen LogP contribution in [0.2, 0.25) is 0 Å². The molecule has 7 nitrogen and oxygen atoms in total. The summed E-state index contributed by atoms with van der Waals surface area (Å²) in [5, 5.41) is 3.79. The number of hydrogen-bond acceptors (Lipinski definition) is 5. The summed E-state index contributed by atoms with van der Waals surface area (Å²) < 4.78 is 20.5. The number of hydrogen-bond donors (Lipinski definition) is 3. The number of likely N-dealkylation sites (tertiary alicyclic amines) is 1. The molecule has 1 fully saturated rings. The van der Waals surface area contributed by atoms with Gasteiger partial charge in [0.25, 0.3) is 0 Å². The fraction of sp³-hybridized carbons (Fsp3) is 0.364. The van der Waals surface area contributed by atoms with Gasteiger partial charge in [-0.25, -0.2) is 9.37 Å². The molecule has 4 rings (SSSR count). The predicted molar refractivity (Wildman–Crippen MR) is 113 cm³/mol. The fourth-order valence-electron chi connectivity index (χ4n) is 3.85. The van der Waals surface area contributed by atoms with Gasteiger partial charge in [0.1, 0.15) is 11.4 Å². The van der Waals surface area contributed by atoms with Crippen molar-refractivity contribution in [1.29, 1.82) is 0 Å². The average Bonchev–Trinajstić information content (AvgIpc) is 3.30. The first-order valence-corrected chi connectivity index (χ1v) is 10.0. The predicted octanol–water partition coefficient (Wildman–Crippen LogP) is 2.49. The van der Waals surface area contributed by atoms with Crippen molar-refractivity contribution in [3.05, 3.63) is 53.6 Å². The standard InChI is InChI=1S/C22H26FN5O2/c1-13-11-26-21-20(13)19(5-7-25-21)30-18-4-3-14(9-16(18)23)10-17(24)22(29)27-15-6-8-28(2)12-15/h3-5,7,9,11,15,17H,6,8,10,12,24H2,1-2H3,(H,25,26)(H,27,29)/t15-,17+/m1/s1. The molecule has 158 valence electrons. The number of carbonyl (C=O) groups is 1. The van der Waals surface area contributed by atoms with Gasteiger partial charge in [-0.15, -0.1) is 0 Å². The SMILES string of the molecule is Cc1c[nH]c2nccc(Oc3ccc(C[C@H](N)C(=O)N[C@@H]4CCN(C)C4)cc3F)c12. The summed E-state index contributed by atoms with van der Waals surface area (Å²) >= 11 is 0. The normalized spacial score (nSPS) is 17.9. The third-order valence-electron chi connectivity index (χ3n) is 5.48. The van der Waals surface area contributed by atoms with Crippen molar-refractivity contribution >= 4 is 16.9 Å². The largest absolute Gasteiger partial charge is 0.453 e. The van der Waals surface area contributed by atoms with Crippen molar-refractivity contribution in [2.75, 3.05) is 20.1 Å². The molecule has 1 saturated heterocycles. The van der Waals surface area contributed by atoms with Gasteiger partial charge in [0.05, 0.1) is 11.4 Å². The number of ether oxygens (including phenoxy) is 1. The minimum atomic E-state index is -0.732. The third-order valence-corrected chi connectivity index (χ3v) is 5.48. The van der Waals surface area contributed by atoms with E-state index in [1.54, 1.807) is 24.4 Å². The second-order valence-electron chi connectivity index (χ2n) is 7.94. The average molecular weight is 411 g/mol. The Kier molecular flexibility index (Phi) is 5.69. The van der Waals surface area contributed by atoms with Gasteiger partial charge in [-0.2, -0.15) is 0 Å². The molecule has 3 aromatic rings. The van der Waals surface area contributed by atoms with Crippen molar-refractivity contribution in [2.45, 2.75) is 31.8 Å². The third kappa shape index (κ3) is 4.29. The van der Waals surface area contributed by atoms with E-state index in [4.69, 9.17) is 10.5 Å².